The molecule has 0 bridgehead atoms. The Labute approximate surface area is 235 Å². The summed E-state index contributed by atoms with van der Waals surface area (Å²) in [5.41, 5.74) is 3.93. The first kappa shape index (κ1) is 27.7. The molecule has 0 amide bonds. The monoisotopic (exact) mass is 569 g/mol. The van der Waals surface area contributed by atoms with Crippen LogP contribution in [0.5, 0.6) is 0 Å². The van der Waals surface area contributed by atoms with Crippen LogP contribution >= 0.6 is 23.5 Å². The number of sulfone groups is 1. The Morgan fingerprint density at radius 3 is 2.58 bits per heavy atom. The molecule has 0 radical (unpaired) electrons. The van der Waals surface area contributed by atoms with Gasteiger partial charge in [-0.1, -0.05) is 36.3 Å². The highest BCUT2D eigenvalue weighted by Gasteiger charge is 2.37. The third kappa shape index (κ3) is 7.02. The molecular weight excluding hydrogens is 534 g/mol. The van der Waals surface area contributed by atoms with Crippen molar-refractivity contribution in [2.75, 3.05) is 17.8 Å². The van der Waals surface area contributed by atoms with Crippen LogP contribution in [0, 0.1) is 17.2 Å². The predicted octanol–water partition coefficient (Wildman–Crippen LogP) is 8.27. The van der Waals surface area contributed by atoms with Crippen molar-refractivity contribution in [2.45, 2.75) is 67.6 Å². The minimum Gasteiger partial charge on any atom is -0.251 e. The normalized spacial score (nSPS) is 24.1. The third-order valence-electron chi connectivity index (χ3n) is 8.22. The molecular formula is C31H36FNO2S3. The summed E-state index contributed by atoms with van der Waals surface area (Å²) in [5.74, 6) is 1.23. The molecule has 202 valence electrons. The maximum Gasteiger partial charge on any atom is 0.178 e. The number of hydrogen-bond acceptors (Lipinski definition) is 5. The highest BCUT2D eigenvalue weighted by molar-refractivity contribution is 8.14. The fourth-order valence-electron chi connectivity index (χ4n) is 6.08. The largest absolute Gasteiger partial charge is 0.251 e. The van der Waals surface area contributed by atoms with Crippen molar-refractivity contribution in [1.82, 2.24) is 0 Å². The lowest BCUT2D eigenvalue weighted by molar-refractivity contribution is 0.258. The fourth-order valence-corrected chi connectivity index (χ4v) is 9.13. The van der Waals surface area contributed by atoms with Gasteiger partial charge in [0.05, 0.1) is 15.7 Å². The summed E-state index contributed by atoms with van der Waals surface area (Å²) in [6.45, 7) is 0. The van der Waals surface area contributed by atoms with Crippen LogP contribution in [0.1, 0.15) is 56.9 Å². The van der Waals surface area contributed by atoms with Crippen LogP contribution in [0.4, 0.5) is 4.39 Å². The third-order valence-corrected chi connectivity index (χ3v) is 11.8. The summed E-state index contributed by atoms with van der Waals surface area (Å²) in [6, 6.07) is 14.0. The number of benzene rings is 2. The molecule has 1 aliphatic heterocycles. The van der Waals surface area contributed by atoms with E-state index in [1.807, 2.05) is 42.3 Å². The first-order chi connectivity index (χ1) is 18.3. The minimum atomic E-state index is -3.26. The first-order valence-electron chi connectivity index (χ1n) is 13.5. The molecule has 38 heavy (non-hydrogen) atoms. The van der Waals surface area contributed by atoms with E-state index in [4.69, 9.17) is 4.99 Å². The van der Waals surface area contributed by atoms with Gasteiger partial charge in [-0.25, -0.2) is 12.8 Å². The summed E-state index contributed by atoms with van der Waals surface area (Å²) >= 11 is 3.44. The van der Waals surface area contributed by atoms with Gasteiger partial charge in [-0.05, 0) is 98.1 Å². The molecule has 2 unspecified atom stereocenters. The smallest absolute Gasteiger partial charge is 0.178 e. The lowest BCUT2D eigenvalue weighted by Gasteiger charge is -2.28. The average Bonchev–Trinajstić information content (AvgIpc) is 3.20. The Morgan fingerprint density at radius 1 is 1.03 bits per heavy atom. The second-order valence-electron chi connectivity index (χ2n) is 11.0. The highest BCUT2D eigenvalue weighted by atomic mass is 32.2. The van der Waals surface area contributed by atoms with E-state index in [-0.39, 0.29) is 17.5 Å². The van der Waals surface area contributed by atoms with Crippen LogP contribution in [-0.4, -0.2) is 31.2 Å². The van der Waals surface area contributed by atoms with Gasteiger partial charge >= 0.3 is 0 Å². The molecule has 0 aromatic heterocycles. The van der Waals surface area contributed by atoms with Crippen LogP contribution in [0.25, 0.3) is 0 Å². The topological polar surface area (TPSA) is 46.5 Å². The van der Waals surface area contributed by atoms with E-state index in [0.29, 0.717) is 10.3 Å². The minimum absolute atomic E-state index is 0.208. The molecule has 0 saturated heterocycles. The van der Waals surface area contributed by atoms with Crippen molar-refractivity contribution in [3.8, 4) is 0 Å². The molecule has 1 fully saturated rings. The van der Waals surface area contributed by atoms with E-state index in [9.17, 15) is 12.8 Å². The number of halogens is 1. The molecule has 3 nitrogen and oxygen atoms in total. The van der Waals surface area contributed by atoms with Gasteiger partial charge in [0.25, 0.3) is 0 Å². The SMILES string of the molecule is CSc1ccc(S(=O)(=O)CC2CCCC3(CC=C(CC4=NC(Cc5ccc(F)cc5)=CCS4)C3)CC2)cc1. The molecule has 5 rings (SSSR count). The molecule has 1 heterocycles. The fraction of sp³-hybridized carbons (Fsp3) is 0.452. The van der Waals surface area contributed by atoms with Crippen molar-refractivity contribution < 1.29 is 12.8 Å². The first-order valence-corrected chi connectivity index (χ1v) is 17.4. The Kier molecular flexibility index (Phi) is 8.85. The molecule has 2 aromatic rings. The number of hydrogen-bond donors (Lipinski definition) is 0. The molecule has 1 spiro atoms. The van der Waals surface area contributed by atoms with E-state index in [1.54, 1.807) is 23.9 Å². The number of nitrogens with zero attached hydrogens (tertiary/aromatic N) is 1. The van der Waals surface area contributed by atoms with Crippen LogP contribution in [0.3, 0.4) is 0 Å². The summed E-state index contributed by atoms with van der Waals surface area (Å²) in [4.78, 5) is 6.49. The van der Waals surface area contributed by atoms with Crippen LogP contribution in [0.15, 0.2) is 86.7 Å². The molecule has 2 aromatic carbocycles. The van der Waals surface area contributed by atoms with Crippen LogP contribution in [-0.2, 0) is 16.3 Å². The Balaban J connectivity index is 1.15. The standard InChI is InChI=1S/C31H36FNO2S3/c1-36-28-8-10-29(11-9-28)38(34,35)22-24-3-2-15-31(16-12-24)17-13-25(21-31)20-30-33-27(14-18-37-30)19-23-4-6-26(32)7-5-23/h4-11,13-14,24H,2-3,12,15-22H2,1H3. The lowest BCUT2D eigenvalue weighted by atomic mass is 9.77. The van der Waals surface area contributed by atoms with E-state index in [1.165, 1.54) is 29.2 Å². The second kappa shape index (κ2) is 12.1. The van der Waals surface area contributed by atoms with Gasteiger partial charge in [0.15, 0.2) is 9.84 Å². The lowest BCUT2D eigenvalue weighted by Crippen LogP contribution is -2.18. The van der Waals surface area contributed by atoms with Crippen molar-refractivity contribution >= 4 is 38.4 Å². The Hall–Kier alpha value is -1.83. The van der Waals surface area contributed by atoms with Crippen LogP contribution in [0.2, 0.25) is 0 Å². The Bertz CT molecular complexity index is 1330. The van der Waals surface area contributed by atoms with Crippen molar-refractivity contribution in [1.29, 1.82) is 0 Å². The van der Waals surface area contributed by atoms with E-state index >= 15 is 0 Å². The van der Waals surface area contributed by atoms with Gasteiger partial charge < -0.3 is 0 Å². The zero-order valence-corrected chi connectivity index (χ0v) is 24.4. The van der Waals surface area contributed by atoms with E-state index in [0.717, 1.165) is 73.3 Å². The molecule has 0 N–H and O–H groups in total. The Morgan fingerprint density at radius 2 is 1.82 bits per heavy atom. The summed E-state index contributed by atoms with van der Waals surface area (Å²) in [5, 5.41) is 1.18. The maximum atomic E-state index is 13.2. The highest BCUT2D eigenvalue weighted by Crippen LogP contribution is 2.49. The van der Waals surface area contributed by atoms with E-state index < -0.39 is 9.84 Å². The van der Waals surface area contributed by atoms with Gasteiger partial charge in [0.2, 0.25) is 0 Å². The number of thioether (sulfide) groups is 2. The molecule has 7 heteroatoms. The predicted molar refractivity (Wildman–Crippen MR) is 159 cm³/mol. The van der Waals surface area contributed by atoms with E-state index in [2.05, 4.69) is 12.2 Å². The summed E-state index contributed by atoms with van der Waals surface area (Å²) in [6.07, 6.45) is 15.9. The van der Waals surface area contributed by atoms with Gasteiger partial charge in [-0.3, -0.25) is 4.99 Å². The van der Waals surface area contributed by atoms with Gasteiger partial charge in [0.1, 0.15) is 5.82 Å². The molecule has 1 saturated carbocycles. The molecule has 3 aliphatic rings. The average molecular weight is 570 g/mol. The van der Waals surface area contributed by atoms with Gasteiger partial charge in [-0.15, -0.1) is 23.5 Å². The van der Waals surface area contributed by atoms with Gasteiger partial charge in [-0.2, -0.15) is 0 Å². The van der Waals surface area contributed by atoms with Crippen molar-refractivity contribution in [3.63, 3.8) is 0 Å². The summed E-state index contributed by atoms with van der Waals surface area (Å²) in [7, 11) is -3.26. The zero-order valence-electron chi connectivity index (χ0n) is 22.0. The maximum absolute atomic E-state index is 13.2. The quantitative estimate of drug-likeness (QED) is 0.237. The van der Waals surface area contributed by atoms with Crippen LogP contribution < -0.4 is 0 Å². The number of rotatable bonds is 8. The zero-order chi connectivity index (χ0) is 26.6. The van der Waals surface area contributed by atoms with Gasteiger partial charge in [0, 0.05) is 29.2 Å². The van der Waals surface area contributed by atoms with Crippen molar-refractivity contribution in [2.24, 2.45) is 16.3 Å². The van der Waals surface area contributed by atoms with Crippen molar-refractivity contribution in [3.05, 3.63) is 83.3 Å². The second-order valence-corrected chi connectivity index (χ2v) is 15.0. The number of allylic oxidation sites excluding steroid dienone is 3. The summed E-state index contributed by atoms with van der Waals surface area (Å²) < 4.78 is 39.4. The molecule has 2 atom stereocenters. The molecule has 2 aliphatic carbocycles. The number of aliphatic imine (C=N–C) groups is 1.